The highest BCUT2D eigenvalue weighted by Crippen LogP contribution is 2.32. The minimum absolute atomic E-state index is 0.248. The molecule has 0 radical (unpaired) electrons. The van der Waals surface area contributed by atoms with Gasteiger partial charge in [0.1, 0.15) is 11.9 Å². The average Bonchev–Trinajstić information content (AvgIpc) is 3.42. The number of thiazole rings is 1. The Balaban J connectivity index is 1.66. The second kappa shape index (κ2) is 9.75. The van der Waals surface area contributed by atoms with Crippen LogP contribution < -0.4 is 5.32 Å². The lowest BCUT2D eigenvalue weighted by molar-refractivity contribution is -0.119. The molecule has 1 aliphatic heterocycles. The maximum atomic E-state index is 14.3. The lowest BCUT2D eigenvalue weighted by Crippen LogP contribution is -2.45. The van der Waals surface area contributed by atoms with Gasteiger partial charge in [-0.15, -0.1) is 11.3 Å². The smallest absolute Gasteiger partial charge is 0.255 e. The number of anilines is 1. The highest BCUT2D eigenvalue weighted by molar-refractivity contribution is 7.13. The average molecular weight is 460 g/mol. The minimum atomic E-state index is -0.924. The molecule has 1 aliphatic rings. The van der Waals surface area contributed by atoms with Crippen molar-refractivity contribution in [2.45, 2.75) is 19.5 Å². The van der Waals surface area contributed by atoms with E-state index in [0.29, 0.717) is 27.4 Å². The summed E-state index contributed by atoms with van der Waals surface area (Å²) >= 11 is 1.29. The molecule has 1 atom stereocenters. The molecule has 2 aromatic carbocycles. The van der Waals surface area contributed by atoms with Crippen molar-refractivity contribution in [3.05, 3.63) is 107 Å². The number of benzene rings is 2. The van der Waals surface area contributed by atoms with Gasteiger partial charge < -0.3 is 4.90 Å². The van der Waals surface area contributed by atoms with Crippen LogP contribution in [0.2, 0.25) is 0 Å². The molecule has 2 heterocycles. The summed E-state index contributed by atoms with van der Waals surface area (Å²) in [5.41, 5.74) is 2.73. The number of amides is 2. The fourth-order valence-corrected chi connectivity index (χ4v) is 4.28. The monoisotopic (exact) mass is 459 g/mol. The summed E-state index contributed by atoms with van der Waals surface area (Å²) in [6.07, 6.45) is 8.76. The molecule has 0 saturated heterocycles. The Bertz CT molecular complexity index is 1260. The van der Waals surface area contributed by atoms with Gasteiger partial charge in [-0.3, -0.25) is 14.9 Å². The Morgan fingerprint density at radius 1 is 1.24 bits per heavy atom. The standard InChI is InChI=1S/C26H22FN3O2S/c1-3-4-5-8-17(2)23(24(31)29-26-28-13-14-33-26)30-16-19-12-11-18(15-21(19)25(30)32)20-9-6-7-10-22(20)27/h3-15,23H,2,16H2,1H3,(H,28,29,31)/b4-3-,8-5-/t23-/m0/s1. The third kappa shape index (κ3) is 4.68. The summed E-state index contributed by atoms with van der Waals surface area (Å²) in [5, 5.41) is 4.98. The van der Waals surface area contributed by atoms with Crippen molar-refractivity contribution in [3.63, 3.8) is 0 Å². The van der Waals surface area contributed by atoms with E-state index in [2.05, 4.69) is 16.9 Å². The lowest BCUT2D eigenvalue weighted by Gasteiger charge is -2.27. The molecule has 2 amide bonds. The Labute approximate surface area is 195 Å². The summed E-state index contributed by atoms with van der Waals surface area (Å²) in [6, 6.07) is 10.8. The van der Waals surface area contributed by atoms with Crippen LogP contribution in [0.5, 0.6) is 0 Å². The number of halogens is 1. The predicted molar refractivity (Wildman–Crippen MR) is 129 cm³/mol. The quantitative estimate of drug-likeness (QED) is 0.468. The number of hydrogen-bond acceptors (Lipinski definition) is 4. The van der Waals surface area contributed by atoms with Crippen LogP contribution in [0.25, 0.3) is 11.1 Å². The van der Waals surface area contributed by atoms with Crippen molar-refractivity contribution in [1.29, 1.82) is 0 Å². The molecule has 1 N–H and O–H groups in total. The Morgan fingerprint density at radius 2 is 2.06 bits per heavy atom. The molecule has 0 unspecified atom stereocenters. The van der Waals surface area contributed by atoms with E-state index in [1.54, 1.807) is 54.1 Å². The van der Waals surface area contributed by atoms with Crippen molar-refractivity contribution in [1.82, 2.24) is 9.88 Å². The minimum Gasteiger partial charge on any atom is -0.318 e. The number of fused-ring (bicyclic) bond motifs is 1. The number of rotatable bonds is 7. The normalized spacial score (nSPS) is 14.1. The van der Waals surface area contributed by atoms with E-state index in [1.807, 2.05) is 25.1 Å². The number of aromatic nitrogens is 1. The first kappa shape index (κ1) is 22.4. The Hall–Kier alpha value is -3.84. The van der Waals surface area contributed by atoms with Crippen LogP contribution in [0, 0.1) is 5.82 Å². The molecule has 0 bridgehead atoms. The number of carbonyl (C=O) groups excluding carboxylic acids is 2. The van der Waals surface area contributed by atoms with Gasteiger partial charge in [0, 0.05) is 29.2 Å². The zero-order valence-electron chi connectivity index (χ0n) is 18.0. The molecule has 33 heavy (non-hydrogen) atoms. The number of allylic oxidation sites excluding steroid dienone is 3. The molecule has 0 fully saturated rings. The number of hydrogen-bond donors (Lipinski definition) is 1. The second-order valence-corrected chi connectivity index (χ2v) is 8.37. The maximum Gasteiger partial charge on any atom is 0.255 e. The maximum absolute atomic E-state index is 14.3. The van der Waals surface area contributed by atoms with Gasteiger partial charge in [0.2, 0.25) is 0 Å². The molecule has 0 saturated carbocycles. The van der Waals surface area contributed by atoms with Crippen LogP contribution in [-0.4, -0.2) is 27.7 Å². The third-order valence-electron chi connectivity index (χ3n) is 5.31. The van der Waals surface area contributed by atoms with Crippen LogP contribution in [0.15, 0.2) is 90.5 Å². The molecule has 5 nitrogen and oxygen atoms in total. The molecule has 1 aromatic heterocycles. The number of nitrogens with one attached hydrogen (secondary N) is 1. The van der Waals surface area contributed by atoms with E-state index >= 15 is 0 Å². The lowest BCUT2D eigenvalue weighted by atomic mass is 10.00. The number of carbonyl (C=O) groups is 2. The van der Waals surface area contributed by atoms with Gasteiger partial charge in [0.05, 0.1) is 0 Å². The van der Waals surface area contributed by atoms with E-state index < -0.39 is 11.9 Å². The molecule has 166 valence electrons. The topological polar surface area (TPSA) is 62.3 Å². The molecule has 3 aromatic rings. The zero-order valence-corrected chi connectivity index (χ0v) is 18.8. The first-order valence-corrected chi connectivity index (χ1v) is 11.2. The van der Waals surface area contributed by atoms with E-state index in [1.165, 1.54) is 22.3 Å². The zero-order chi connectivity index (χ0) is 23.4. The SMILES string of the molecule is C=C(/C=C\C=C/C)[C@@H](C(=O)Nc1nccs1)N1Cc2ccc(-c3ccccc3F)cc2C1=O. The van der Waals surface area contributed by atoms with Gasteiger partial charge in [-0.1, -0.05) is 61.2 Å². The predicted octanol–water partition coefficient (Wildman–Crippen LogP) is 5.60. The summed E-state index contributed by atoms with van der Waals surface area (Å²) in [7, 11) is 0. The molecular formula is C26H22FN3O2S. The summed E-state index contributed by atoms with van der Waals surface area (Å²) in [4.78, 5) is 32.2. The second-order valence-electron chi connectivity index (χ2n) is 7.47. The van der Waals surface area contributed by atoms with Gasteiger partial charge in [-0.25, -0.2) is 9.37 Å². The Morgan fingerprint density at radius 3 is 2.79 bits per heavy atom. The largest absolute Gasteiger partial charge is 0.318 e. The summed E-state index contributed by atoms with van der Waals surface area (Å²) in [5.74, 6) is -1.05. The van der Waals surface area contributed by atoms with E-state index in [-0.39, 0.29) is 18.3 Å². The van der Waals surface area contributed by atoms with Gasteiger partial charge in [-0.2, -0.15) is 0 Å². The van der Waals surface area contributed by atoms with Crippen LogP contribution in [-0.2, 0) is 11.3 Å². The van der Waals surface area contributed by atoms with Gasteiger partial charge >= 0.3 is 0 Å². The van der Waals surface area contributed by atoms with E-state index in [4.69, 9.17) is 0 Å². The molecule has 0 aliphatic carbocycles. The summed E-state index contributed by atoms with van der Waals surface area (Å²) < 4.78 is 14.3. The van der Waals surface area contributed by atoms with E-state index in [9.17, 15) is 14.0 Å². The van der Waals surface area contributed by atoms with Gasteiger partial charge in [0.25, 0.3) is 11.8 Å². The highest BCUT2D eigenvalue weighted by atomic mass is 32.1. The molecule has 4 rings (SSSR count). The fourth-order valence-electron chi connectivity index (χ4n) is 3.75. The van der Waals surface area contributed by atoms with Gasteiger partial charge in [-0.05, 0) is 35.8 Å². The Kier molecular flexibility index (Phi) is 6.60. The van der Waals surface area contributed by atoms with Gasteiger partial charge in [0.15, 0.2) is 5.13 Å². The van der Waals surface area contributed by atoms with Crippen molar-refractivity contribution >= 4 is 28.3 Å². The highest BCUT2D eigenvalue weighted by Gasteiger charge is 2.37. The van der Waals surface area contributed by atoms with Crippen LogP contribution in [0.3, 0.4) is 0 Å². The number of nitrogens with zero attached hydrogens (tertiary/aromatic N) is 2. The summed E-state index contributed by atoms with van der Waals surface area (Å²) in [6.45, 7) is 6.18. The first-order chi connectivity index (χ1) is 16.0. The van der Waals surface area contributed by atoms with Crippen molar-refractivity contribution in [3.8, 4) is 11.1 Å². The van der Waals surface area contributed by atoms with Crippen LogP contribution >= 0.6 is 11.3 Å². The van der Waals surface area contributed by atoms with Crippen LogP contribution in [0.1, 0.15) is 22.8 Å². The molecule has 0 spiro atoms. The van der Waals surface area contributed by atoms with Crippen molar-refractivity contribution in [2.75, 3.05) is 5.32 Å². The third-order valence-corrected chi connectivity index (χ3v) is 6.00. The van der Waals surface area contributed by atoms with Crippen molar-refractivity contribution < 1.29 is 14.0 Å². The molecular weight excluding hydrogens is 437 g/mol. The first-order valence-electron chi connectivity index (χ1n) is 10.4. The fraction of sp³-hybridized carbons (Fsp3) is 0.115. The van der Waals surface area contributed by atoms with E-state index in [0.717, 1.165) is 5.56 Å². The van der Waals surface area contributed by atoms with Crippen molar-refractivity contribution in [2.24, 2.45) is 0 Å². The molecule has 7 heteroatoms. The van der Waals surface area contributed by atoms with Crippen LogP contribution in [0.4, 0.5) is 9.52 Å².